The van der Waals surface area contributed by atoms with Gasteiger partial charge in [-0.1, -0.05) is 43.3 Å². The van der Waals surface area contributed by atoms with Gasteiger partial charge in [0.15, 0.2) is 0 Å². The number of aromatic nitrogens is 2. The number of hydrogen-bond donors (Lipinski definition) is 2. The minimum atomic E-state index is -0.00643. The lowest BCUT2D eigenvalue weighted by molar-refractivity contribution is -0.121. The first-order valence-electron chi connectivity index (χ1n) is 8.50. The zero-order chi connectivity index (χ0) is 17.4. The van der Waals surface area contributed by atoms with Gasteiger partial charge >= 0.3 is 0 Å². The third-order valence-electron chi connectivity index (χ3n) is 3.82. The number of halogens is 1. The van der Waals surface area contributed by atoms with Crippen molar-refractivity contribution in [3.05, 3.63) is 35.7 Å². The van der Waals surface area contributed by atoms with Gasteiger partial charge in [0.05, 0.1) is 0 Å². The average molecular weight is 367 g/mol. The number of benzene rings is 1. The van der Waals surface area contributed by atoms with Gasteiger partial charge in [0.25, 0.3) is 0 Å². The second kappa shape index (κ2) is 10.8. The molecule has 6 nitrogen and oxygen atoms in total. The van der Waals surface area contributed by atoms with Crippen LogP contribution < -0.4 is 11.1 Å². The highest BCUT2D eigenvalue weighted by Crippen LogP contribution is 2.20. The Hall–Kier alpha value is -1.92. The van der Waals surface area contributed by atoms with Crippen LogP contribution in [-0.4, -0.2) is 29.1 Å². The molecule has 1 aromatic carbocycles. The molecule has 25 heavy (non-hydrogen) atoms. The average Bonchev–Trinajstić information content (AvgIpc) is 3.06. The van der Waals surface area contributed by atoms with Crippen LogP contribution in [0.3, 0.4) is 0 Å². The Bertz CT molecular complexity index is 641. The molecular weight excluding hydrogens is 340 g/mol. The van der Waals surface area contributed by atoms with Crippen molar-refractivity contribution in [1.82, 2.24) is 15.5 Å². The van der Waals surface area contributed by atoms with Gasteiger partial charge in [-0.3, -0.25) is 4.79 Å². The number of nitrogens with zero attached hydrogens (tertiary/aromatic N) is 2. The molecule has 7 heteroatoms. The third kappa shape index (κ3) is 6.84. The molecule has 0 aliphatic heterocycles. The topological polar surface area (TPSA) is 94.0 Å². The molecule has 0 fully saturated rings. The highest BCUT2D eigenvalue weighted by molar-refractivity contribution is 5.85. The molecule has 0 saturated carbocycles. The van der Waals surface area contributed by atoms with E-state index in [0.29, 0.717) is 43.6 Å². The maximum absolute atomic E-state index is 11.7. The van der Waals surface area contributed by atoms with Crippen LogP contribution in [0, 0.1) is 0 Å². The van der Waals surface area contributed by atoms with Crippen LogP contribution >= 0.6 is 12.4 Å². The van der Waals surface area contributed by atoms with Crippen molar-refractivity contribution >= 4 is 18.3 Å². The second-order valence-corrected chi connectivity index (χ2v) is 6.13. The minimum Gasteiger partial charge on any atom is -0.356 e. The summed E-state index contributed by atoms with van der Waals surface area (Å²) < 4.78 is 5.23. The quantitative estimate of drug-likeness (QED) is 0.665. The van der Waals surface area contributed by atoms with Crippen LogP contribution in [0.4, 0.5) is 0 Å². The van der Waals surface area contributed by atoms with Crippen molar-refractivity contribution in [2.75, 3.05) is 13.1 Å². The summed E-state index contributed by atoms with van der Waals surface area (Å²) in [5, 5.41) is 6.85. The molecule has 0 bridgehead atoms. The standard InChI is InChI=1S/C18H26N4O2.ClH/c1-13(2)14-5-7-15(8-6-14)18-21-17(24-22-18)10-9-16(23)20-12-4-3-11-19;/h5-8,13H,3-4,9-12,19H2,1-2H3,(H,20,23);1H. The van der Waals surface area contributed by atoms with Crippen LogP contribution in [0.15, 0.2) is 28.8 Å². The number of hydrogen-bond acceptors (Lipinski definition) is 5. The van der Waals surface area contributed by atoms with Gasteiger partial charge in [-0.25, -0.2) is 0 Å². The summed E-state index contributed by atoms with van der Waals surface area (Å²) in [6.45, 7) is 5.62. The SMILES string of the molecule is CC(C)c1ccc(-c2noc(CCC(=O)NCCCCN)n2)cc1.Cl. The van der Waals surface area contributed by atoms with Crippen molar-refractivity contribution in [1.29, 1.82) is 0 Å². The van der Waals surface area contributed by atoms with Gasteiger partial charge in [0.1, 0.15) is 0 Å². The summed E-state index contributed by atoms with van der Waals surface area (Å²) in [6, 6.07) is 8.14. The van der Waals surface area contributed by atoms with E-state index in [4.69, 9.17) is 10.3 Å². The van der Waals surface area contributed by atoms with Gasteiger partial charge in [-0.2, -0.15) is 4.98 Å². The molecule has 138 valence electrons. The fraction of sp³-hybridized carbons (Fsp3) is 0.500. The minimum absolute atomic E-state index is 0. The van der Waals surface area contributed by atoms with E-state index in [0.717, 1.165) is 18.4 Å². The maximum atomic E-state index is 11.7. The van der Waals surface area contributed by atoms with E-state index in [1.165, 1.54) is 5.56 Å². The molecule has 0 unspecified atom stereocenters. The largest absolute Gasteiger partial charge is 0.356 e. The summed E-state index contributed by atoms with van der Waals surface area (Å²) in [7, 11) is 0. The molecule has 0 aliphatic rings. The van der Waals surface area contributed by atoms with Gasteiger partial charge in [0, 0.05) is 24.9 Å². The van der Waals surface area contributed by atoms with E-state index in [1.54, 1.807) is 0 Å². The van der Waals surface area contributed by atoms with Gasteiger partial charge in [-0.05, 0) is 30.9 Å². The summed E-state index contributed by atoms with van der Waals surface area (Å²) in [5.74, 6) is 1.52. The Kier molecular flexibility index (Phi) is 9.16. The number of carbonyl (C=O) groups is 1. The van der Waals surface area contributed by atoms with E-state index >= 15 is 0 Å². The number of nitrogens with two attached hydrogens (primary N) is 1. The molecule has 1 amide bonds. The summed E-state index contributed by atoms with van der Waals surface area (Å²) in [6.07, 6.45) is 2.61. The van der Waals surface area contributed by atoms with Crippen LogP contribution in [-0.2, 0) is 11.2 Å². The summed E-state index contributed by atoms with van der Waals surface area (Å²) >= 11 is 0. The van der Waals surface area contributed by atoms with Gasteiger partial charge in [-0.15, -0.1) is 12.4 Å². The van der Waals surface area contributed by atoms with E-state index < -0.39 is 0 Å². The van der Waals surface area contributed by atoms with Crippen molar-refractivity contribution in [2.45, 2.75) is 45.4 Å². The number of nitrogens with one attached hydrogen (secondary N) is 1. The lowest BCUT2D eigenvalue weighted by atomic mass is 10.0. The molecule has 0 atom stereocenters. The molecule has 0 saturated heterocycles. The Morgan fingerprint density at radius 2 is 1.96 bits per heavy atom. The van der Waals surface area contributed by atoms with Crippen LogP contribution in [0.5, 0.6) is 0 Å². The molecule has 1 heterocycles. The van der Waals surface area contributed by atoms with E-state index in [1.807, 2.05) is 12.1 Å². The monoisotopic (exact) mass is 366 g/mol. The lowest BCUT2D eigenvalue weighted by Crippen LogP contribution is -2.25. The first kappa shape index (κ1) is 21.1. The molecule has 2 rings (SSSR count). The maximum Gasteiger partial charge on any atom is 0.227 e. The Labute approximate surface area is 155 Å². The molecule has 3 N–H and O–H groups in total. The van der Waals surface area contributed by atoms with Gasteiger partial charge in [0.2, 0.25) is 17.6 Å². The lowest BCUT2D eigenvalue weighted by Gasteiger charge is -2.04. The fourth-order valence-electron chi connectivity index (χ4n) is 2.30. The van der Waals surface area contributed by atoms with Crippen molar-refractivity contribution in [2.24, 2.45) is 5.73 Å². The molecule has 0 spiro atoms. The third-order valence-corrected chi connectivity index (χ3v) is 3.82. The number of aryl methyl sites for hydroxylation is 1. The number of unbranched alkanes of at least 4 members (excludes halogenated alkanes) is 1. The van der Waals surface area contributed by atoms with Crippen molar-refractivity contribution in [3.63, 3.8) is 0 Å². The zero-order valence-electron chi connectivity index (χ0n) is 14.8. The smallest absolute Gasteiger partial charge is 0.227 e. The highest BCUT2D eigenvalue weighted by atomic mass is 35.5. The van der Waals surface area contributed by atoms with Crippen molar-refractivity contribution in [3.8, 4) is 11.4 Å². The normalized spacial score (nSPS) is 10.6. The predicted octanol–water partition coefficient (Wildman–Crippen LogP) is 3.07. The Morgan fingerprint density at radius 1 is 1.24 bits per heavy atom. The summed E-state index contributed by atoms with van der Waals surface area (Å²) in [4.78, 5) is 16.1. The first-order valence-corrected chi connectivity index (χ1v) is 8.50. The highest BCUT2D eigenvalue weighted by Gasteiger charge is 2.11. The van der Waals surface area contributed by atoms with Crippen LogP contribution in [0.2, 0.25) is 0 Å². The number of amides is 1. The fourth-order valence-corrected chi connectivity index (χ4v) is 2.30. The van der Waals surface area contributed by atoms with E-state index in [-0.39, 0.29) is 18.3 Å². The van der Waals surface area contributed by atoms with Crippen LogP contribution in [0.1, 0.15) is 50.5 Å². The zero-order valence-corrected chi connectivity index (χ0v) is 15.6. The molecule has 2 aromatic rings. The number of carbonyl (C=O) groups excluding carboxylic acids is 1. The molecular formula is C18H27ClN4O2. The van der Waals surface area contributed by atoms with Gasteiger partial charge < -0.3 is 15.6 Å². The molecule has 1 aromatic heterocycles. The first-order chi connectivity index (χ1) is 11.6. The summed E-state index contributed by atoms with van der Waals surface area (Å²) in [5.41, 5.74) is 7.60. The molecule has 0 radical (unpaired) electrons. The Morgan fingerprint density at radius 3 is 2.60 bits per heavy atom. The van der Waals surface area contributed by atoms with E-state index in [9.17, 15) is 4.79 Å². The predicted molar refractivity (Wildman–Crippen MR) is 101 cm³/mol. The van der Waals surface area contributed by atoms with E-state index in [2.05, 4.69) is 41.4 Å². The van der Waals surface area contributed by atoms with Crippen molar-refractivity contribution < 1.29 is 9.32 Å². The molecule has 0 aliphatic carbocycles. The number of rotatable bonds is 9. The van der Waals surface area contributed by atoms with Crippen LogP contribution in [0.25, 0.3) is 11.4 Å². The second-order valence-electron chi connectivity index (χ2n) is 6.13. The Balaban J connectivity index is 0.00000312.